The Morgan fingerprint density at radius 2 is 1.31 bits per heavy atom. The van der Waals surface area contributed by atoms with Crippen molar-refractivity contribution < 1.29 is 18.8 Å². The topological polar surface area (TPSA) is 70.8 Å². The van der Waals surface area contributed by atoms with E-state index in [1.807, 2.05) is 43.3 Å². The molecular formula is C28H19IN2O4. The van der Waals surface area contributed by atoms with Crippen LogP contribution >= 0.6 is 22.6 Å². The summed E-state index contributed by atoms with van der Waals surface area (Å²) in [7, 11) is 0. The van der Waals surface area contributed by atoms with Crippen molar-refractivity contribution in [1.29, 1.82) is 0 Å². The highest BCUT2D eigenvalue weighted by Crippen LogP contribution is 2.31. The zero-order chi connectivity index (χ0) is 24.5. The number of hydrogen-bond acceptors (Lipinski definition) is 4. The molecule has 35 heavy (non-hydrogen) atoms. The summed E-state index contributed by atoms with van der Waals surface area (Å²) in [6.45, 7) is 1.91. The van der Waals surface area contributed by atoms with Crippen molar-refractivity contribution in [2.24, 2.45) is 0 Å². The zero-order valence-electron chi connectivity index (χ0n) is 18.6. The molecule has 0 saturated carbocycles. The van der Waals surface area contributed by atoms with Gasteiger partial charge in [0.2, 0.25) is 0 Å². The number of benzene rings is 3. The Morgan fingerprint density at radius 1 is 0.714 bits per heavy atom. The fraction of sp³-hybridized carbons (Fsp3) is 0.0357. The van der Waals surface area contributed by atoms with Crippen LogP contribution in [0.2, 0.25) is 0 Å². The molecule has 2 heterocycles. The number of amides is 4. The molecule has 1 aliphatic rings. The van der Waals surface area contributed by atoms with Gasteiger partial charge in [0.25, 0.3) is 11.8 Å². The molecule has 0 N–H and O–H groups in total. The van der Waals surface area contributed by atoms with Crippen molar-refractivity contribution in [3.8, 4) is 11.3 Å². The third-order valence-corrected chi connectivity index (χ3v) is 6.32. The maximum atomic E-state index is 13.5. The molecule has 0 spiro atoms. The van der Waals surface area contributed by atoms with Crippen molar-refractivity contribution in [3.05, 3.63) is 111 Å². The molecule has 0 aliphatic carbocycles. The number of imide groups is 2. The maximum Gasteiger partial charge on any atom is 0.343 e. The number of furan rings is 1. The highest BCUT2D eigenvalue weighted by atomic mass is 127. The van der Waals surface area contributed by atoms with Crippen LogP contribution in [0.1, 0.15) is 11.3 Å². The van der Waals surface area contributed by atoms with Crippen LogP contribution in [0.4, 0.5) is 16.2 Å². The summed E-state index contributed by atoms with van der Waals surface area (Å²) >= 11 is 2.23. The summed E-state index contributed by atoms with van der Waals surface area (Å²) < 4.78 is 7.03. The second kappa shape index (κ2) is 9.34. The molecule has 172 valence electrons. The summed E-state index contributed by atoms with van der Waals surface area (Å²) in [5, 5.41) is 0. The number of nitrogens with zero attached hydrogens (tertiary/aromatic N) is 2. The average molecular weight is 574 g/mol. The Hall–Kier alpha value is -3.98. The number of rotatable bonds is 4. The summed E-state index contributed by atoms with van der Waals surface area (Å²) in [5.41, 5.74) is 2.44. The zero-order valence-corrected chi connectivity index (χ0v) is 20.8. The van der Waals surface area contributed by atoms with Crippen LogP contribution in [0.3, 0.4) is 0 Å². The van der Waals surface area contributed by atoms with E-state index in [0.717, 1.165) is 24.5 Å². The Morgan fingerprint density at radius 3 is 1.94 bits per heavy atom. The van der Waals surface area contributed by atoms with E-state index < -0.39 is 17.8 Å². The molecule has 7 heteroatoms. The van der Waals surface area contributed by atoms with Gasteiger partial charge in [-0.05, 0) is 84.1 Å². The summed E-state index contributed by atoms with van der Waals surface area (Å²) in [5.74, 6) is -0.471. The third-order valence-electron chi connectivity index (χ3n) is 5.60. The number of halogens is 1. The highest BCUT2D eigenvalue weighted by Gasteiger charge is 2.43. The lowest BCUT2D eigenvalue weighted by molar-refractivity contribution is -0.121. The minimum Gasteiger partial charge on any atom is -0.457 e. The Kier molecular flexibility index (Phi) is 6.08. The minimum atomic E-state index is -0.730. The molecule has 4 aromatic rings. The van der Waals surface area contributed by atoms with Crippen LogP contribution in [0.5, 0.6) is 0 Å². The van der Waals surface area contributed by atoms with Gasteiger partial charge in [-0.1, -0.05) is 48.0 Å². The van der Waals surface area contributed by atoms with Crippen LogP contribution in [0.15, 0.2) is 101 Å². The number of urea groups is 1. The van der Waals surface area contributed by atoms with Gasteiger partial charge in [-0.25, -0.2) is 14.6 Å². The van der Waals surface area contributed by atoms with Crippen molar-refractivity contribution in [2.45, 2.75) is 6.92 Å². The fourth-order valence-corrected chi connectivity index (χ4v) is 4.16. The minimum absolute atomic E-state index is 0.169. The SMILES string of the molecule is Cc1ccc(N2C(=O)/C(=C/c3ccc(-c4ccc(I)cc4)o3)C(=O)N(c3ccccc3)C2=O)cc1. The molecule has 3 aromatic carbocycles. The normalized spacial score (nSPS) is 15.3. The second-order valence-electron chi connectivity index (χ2n) is 8.00. The van der Waals surface area contributed by atoms with Gasteiger partial charge in [0.1, 0.15) is 17.1 Å². The number of para-hydroxylation sites is 1. The summed E-state index contributed by atoms with van der Waals surface area (Å²) in [6.07, 6.45) is 1.39. The van der Waals surface area contributed by atoms with E-state index >= 15 is 0 Å². The van der Waals surface area contributed by atoms with E-state index in [1.54, 1.807) is 54.6 Å². The first-order valence-electron chi connectivity index (χ1n) is 10.8. The summed E-state index contributed by atoms with van der Waals surface area (Å²) in [6, 6.07) is 26.1. The maximum absolute atomic E-state index is 13.5. The molecule has 1 saturated heterocycles. The Labute approximate surface area is 215 Å². The first-order chi connectivity index (χ1) is 16.9. The largest absolute Gasteiger partial charge is 0.457 e. The van der Waals surface area contributed by atoms with Crippen molar-refractivity contribution in [3.63, 3.8) is 0 Å². The van der Waals surface area contributed by atoms with E-state index in [9.17, 15) is 14.4 Å². The lowest BCUT2D eigenvalue weighted by Crippen LogP contribution is -2.57. The van der Waals surface area contributed by atoms with Crippen molar-refractivity contribution >= 4 is 57.9 Å². The van der Waals surface area contributed by atoms with Crippen LogP contribution in [-0.4, -0.2) is 17.8 Å². The number of carbonyl (C=O) groups is 3. The Bertz CT molecular complexity index is 1460. The van der Waals surface area contributed by atoms with Crippen LogP contribution in [0.25, 0.3) is 17.4 Å². The standard InChI is InChI=1S/C28H19IN2O4/c1-18-7-13-22(14-8-18)31-27(33)24(26(32)30(28(31)34)21-5-3-2-4-6-21)17-23-15-16-25(35-23)19-9-11-20(29)12-10-19/h2-17H,1H3/b24-17+. The first-order valence-corrected chi connectivity index (χ1v) is 11.9. The molecule has 1 fully saturated rings. The third kappa shape index (κ3) is 4.42. The van der Waals surface area contributed by atoms with E-state index in [-0.39, 0.29) is 5.57 Å². The quantitative estimate of drug-likeness (QED) is 0.160. The number of aryl methyl sites for hydroxylation is 1. The smallest absolute Gasteiger partial charge is 0.343 e. The molecular weight excluding hydrogens is 555 g/mol. The molecule has 0 radical (unpaired) electrons. The predicted octanol–water partition coefficient (Wildman–Crippen LogP) is 6.44. The molecule has 0 unspecified atom stereocenters. The lowest BCUT2D eigenvalue weighted by atomic mass is 10.1. The van der Waals surface area contributed by atoms with Gasteiger partial charge in [-0.3, -0.25) is 9.59 Å². The molecule has 6 nitrogen and oxygen atoms in total. The summed E-state index contributed by atoms with van der Waals surface area (Å²) in [4.78, 5) is 42.3. The number of carbonyl (C=O) groups excluding carboxylic acids is 3. The van der Waals surface area contributed by atoms with Gasteiger partial charge in [0, 0.05) is 9.13 Å². The van der Waals surface area contributed by atoms with Crippen LogP contribution < -0.4 is 9.80 Å². The van der Waals surface area contributed by atoms with E-state index in [1.165, 1.54) is 6.08 Å². The predicted molar refractivity (Wildman–Crippen MR) is 143 cm³/mol. The number of anilines is 2. The second-order valence-corrected chi connectivity index (χ2v) is 9.25. The van der Waals surface area contributed by atoms with Gasteiger partial charge < -0.3 is 4.42 Å². The van der Waals surface area contributed by atoms with Gasteiger partial charge >= 0.3 is 6.03 Å². The Balaban J connectivity index is 1.58. The van der Waals surface area contributed by atoms with E-state index in [2.05, 4.69) is 22.6 Å². The van der Waals surface area contributed by atoms with Crippen LogP contribution in [-0.2, 0) is 9.59 Å². The van der Waals surface area contributed by atoms with Gasteiger partial charge in [-0.2, -0.15) is 0 Å². The van der Waals surface area contributed by atoms with E-state index in [4.69, 9.17) is 4.42 Å². The number of barbiturate groups is 1. The molecule has 0 bridgehead atoms. The van der Waals surface area contributed by atoms with Crippen molar-refractivity contribution in [2.75, 3.05) is 9.80 Å². The van der Waals surface area contributed by atoms with E-state index in [0.29, 0.717) is 22.9 Å². The van der Waals surface area contributed by atoms with Gasteiger partial charge in [-0.15, -0.1) is 0 Å². The van der Waals surface area contributed by atoms with Crippen molar-refractivity contribution in [1.82, 2.24) is 0 Å². The fourth-order valence-electron chi connectivity index (χ4n) is 3.80. The molecule has 1 aromatic heterocycles. The van der Waals surface area contributed by atoms with Crippen LogP contribution in [0, 0.1) is 10.5 Å². The molecule has 1 aliphatic heterocycles. The number of hydrogen-bond donors (Lipinski definition) is 0. The first kappa shape index (κ1) is 22.8. The highest BCUT2D eigenvalue weighted by molar-refractivity contribution is 14.1. The molecule has 4 amide bonds. The molecule has 0 atom stereocenters. The monoisotopic (exact) mass is 574 g/mol. The lowest BCUT2D eigenvalue weighted by Gasteiger charge is -2.33. The molecule has 5 rings (SSSR count). The van der Waals surface area contributed by atoms with Gasteiger partial charge in [0.15, 0.2) is 0 Å². The van der Waals surface area contributed by atoms with Gasteiger partial charge in [0.05, 0.1) is 11.4 Å². The average Bonchev–Trinajstić information content (AvgIpc) is 3.33.